The van der Waals surface area contributed by atoms with E-state index in [1.807, 2.05) is 42.5 Å². The van der Waals surface area contributed by atoms with Gasteiger partial charge < -0.3 is 15.0 Å². The molecule has 29 heavy (non-hydrogen) atoms. The monoisotopic (exact) mass is 395 g/mol. The number of carbonyl (C=O) groups is 2. The van der Waals surface area contributed by atoms with Crippen molar-refractivity contribution < 1.29 is 24.1 Å². The van der Waals surface area contributed by atoms with E-state index in [-0.39, 0.29) is 24.8 Å². The first-order valence-electron chi connectivity index (χ1n) is 9.06. The zero-order valence-electron chi connectivity index (χ0n) is 15.7. The molecule has 0 spiro atoms. The number of hydroxylamine groups is 2. The first kappa shape index (κ1) is 20.1. The Kier molecular flexibility index (Phi) is 6.59. The lowest BCUT2D eigenvalue weighted by atomic mass is 9.99. The van der Waals surface area contributed by atoms with Crippen LogP contribution in [0, 0.1) is 0 Å². The zero-order valence-corrected chi connectivity index (χ0v) is 15.7. The van der Waals surface area contributed by atoms with Gasteiger partial charge in [0.15, 0.2) is 0 Å². The molecule has 3 rings (SSSR count). The van der Waals surface area contributed by atoms with Gasteiger partial charge >= 0.3 is 0 Å². The van der Waals surface area contributed by atoms with Crippen LogP contribution in [0.25, 0.3) is 0 Å². The number of rotatable bonds is 9. The van der Waals surface area contributed by atoms with Gasteiger partial charge in [-0.1, -0.05) is 48.5 Å². The third kappa shape index (κ3) is 5.43. The van der Waals surface area contributed by atoms with Crippen molar-refractivity contribution >= 4 is 11.8 Å². The van der Waals surface area contributed by atoms with E-state index in [2.05, 4.69) is 9.68 Å². The molecule has 0 radical (unpaired) electrons. The van der Waals surface area contributed by atoms with Crippen LogP contribution in [0.5, 0.6) is 5.88 Å². The molecule has 1 heterocycles. The Balaban J connectivity index is 1.56. The van der Waals surface area contributed by atoms with Crippen molar-refractivity contribution in [1.29, 1.82) is 0 Å². The van der Waals surface area contributed by atoms with Crippen LogP contribution >= 0.6 is 0 Å². The summed E-state index contributed by atoms with van der Waals surface area (Å²) >= 11 is 0. The van der Waals surface area contributed by atoms with E-state index in [1.54, 1.807) is 12.1 Å². The second kappa shape index (κ2) is 9.52. The molecule has 3 aromatic rings. The van der Waals surface area contributed by atoms with Gasteiger partial charge in [-0.3, -0.25) is 14.8 Å². The van der Waals surface area contributed by atoms with Crippen LogP contribution in [0.1, 0.15) is 32.0 Å². The Bertz CT molecular complexity index is 971. The van der Waals surface area contributed by atoms with E-state index >= 15 is 0 Å². The minimum atomic E-state index is -0.765. The number of nitrogens with zero attached hydrogens (tertiary/aromatic N) is 2. The molecule has 8 nitrogen and oxygen atoms in total. The van der Waals surface area contributed by atoms with Gasteiger partial charge in [0.25, 0.3) is 17.7 Å². The summed E-state index contributed by atoms with van der Waals surface area (Å²) in [4.78, 5) is 23.6. The summed E-state index contributed by atoms with van der Waals surface area (Å²) in [7, 11) is 0. The SMILES string of the molecule is NC(=O)c1cc(OCCN(O)C(=O)c2ccccc2CCc2ccccc2)no1. The molecule has 0 unspecified atom stereocenters. The predicted molar refractivity (Wildman–Crippen MR) is 104 cm³/mol. The number of aryl methyl sites for hydroxylation is 2. The number of ether oxygens (including phenoxy) is 1. The normalized spacial score (nSPS) is 10.5. The third-order valence-corrected chi connectivity index (χ3v) is 4.29. The number of hydrogen-bond acceptors (Lipinski definition) is 6. The number of amides is 2. The van der Waals surface area contributed by atoms with Crippen LogP contribution in [0.15, 0.2) is 65.2 Å². The maximum absolute atomic E-state index is 12.6. The Morgan fingerprint density at radius 2 is 1.79 bits per heavy atom. The lowest BCUT2D eigenvalue weighted by Crippen LogP contribution is -2.32. The topological polar surface area (TPSA) is 119 Å². The van der Waals surface area contributed by atoms with Gasteiger partial charge in [-0.25, -0.2) is 5.06 Å². The van der Waals surface area contributed by atoms with Crippen LogP contribution in [-0.2, 0) is 12.8 Å². The highest BCUT2D eigenvalue weighted by Crippen LogP contribution is 2.15. The van der Waals surface area contributed by atoms with E-state index in [1.165, 1.54) is 11.6 Å². The van der Waals surface area contributed by atoms with Gasteiger partial charge in [0.05, 0.1) is 12.6 Å². The number of hydrogen-bond donors (Lipinski definition) is 2. The average Bonchev–Trinajstić information content (AvgIpc) is 3.22. The largest absolute Gasteiger partial charge is 0.473 e. The second-order valence-corrected chi connectivity index (χ2v) is 6.31. The molecule has 8 heteroatoms. The molecule has 0 aliphatic carbocycles. The van der Waals surface area contributed by atoms with Crippen molar-refractivity contribution in [2.45, 2.75) is 12.8 Å². The summed E-state index contributed by atoms with van der Waals surface area (Å²) in [6.45, 7) is -0.135. The Morgan fingerprint density at radius 3 is 2.52 bits per heavy atom. The van der Waals surface area contributed by atoms with E-state index in [9.17, 15) is 14.8 Å². The van der Waals surface area contributed by atoms with E-state index < -0.39 is 11.8 Å². The van der Waals surface area contributed by atoms with Gasteiger partial charge in [-0.05, 0) is 35.2 Å². The minimum absolute atomic E-state index is 0.0425. The maximum Gasteiger partial charge on any atom is 0.287 e. The van der Waals surface area contributed by atoms with Crippen LogP contribution in [0.3, 0.4) is 0 Å². The summed E-state index contributed by atoms with van der Waals surface area (Å²) < 4.78 is 9.95. The van der Waals surface area contributed by atoms with Crippen molar-refractivity contribution in [3.63, 3.8) is 0 Å². The highest BCUT2D eigenvalue weighted by Gasteiger charge is 2.18. The van der Waals surface area contributed by atoms with Crippen LogP contribution < -0.4 is 10.5 Å². The Morgan fingerprint density at radius 1 is 1.07 bits per heavy atom. The maximum atomic E-state index is 12.6. The molecular formula is C21H21N3O5. The van der Waals surface area contributed by atoms with Gasteiger partial charge in [-0.15, -0.1) is 0 Å². The molecule has 0 aliphatic rings. The Labute approximate surface area is 167 Å². The first-order valence-corrected chi connectivity index (χ1v) is 9.06. The summed E-state index contributed by atoms with van der Waals surface area (Å²) in [5, 5.41) is 14.3. The van der Waals surface area contributed by atoms with Gasteiger partial charge in [-0.2, -0.15) is 0 Å². The van der Waals surface area contributed by atoms with Crippen LogP contribution in [0.4, 0.5) is 0 Å². The summed E-state index contributed by atoms with van der Waals surface area (Å²) in [5.41, 5.74) is 7.52. The molecule has 150 valence electrons. The molecule has 0 fully saturated rings. The number of carbonyl (C=O) groups excluding carboxylic acids is 2. The zero-order chi connectivity index (χ0) is 20.6. The van der Waals surface area contributed by atoms with E-state index in [4.69, 9.17) is 10.5 Å². The molecule has 0 atom stereocenters. The molecule has 0 aliphatic heterocycles. The second-order valence-electron chi connectivity index (χ2n) is 6.31. The summed E-state index contributed by atoms with van der Waals surface area (Å²) in [5.74, 6) is -1.37. The van der Waals surface area contributed by atoms with Gasteiger partial charge in [0, 0.05) is 5.56 Å². The number of aromatic nitrogens is 1. The number of benzene rings is 2. The lowest BCUT2D eigenvalue weighted by Gasteiger charge is -2.17. The molecular weight excluding hydrogens is 374 g/mol. The van der Waals surface area contributed by atoms with Crippen molar-refractivity contribution in [3.05, 3.63) is 83.1 Å². The van der Waals surface area contributed by atoms with Crippen molar-refractivity contribution in [2.75, 3.05) is 13.2 Å². The van der Waals surface area contributed by atoms with Crippen molar-refractivity contribution in [3.8, 4) is 5.88 Å². The van der Waals surface area contributed by atoms with Crippen LogP contribution in [-0.4, -0.2) is 40.4 Å². The Hall–Kier alpha value is -3.65. The van der Waals surface area contributed by atoms with Crippen molar-refractivity contribution in [1.82, 2.24) is 10.2 Å². The average molecular weight is 395 g/mol. The number of primary amides is 1. The van der Waals surface area contributed by atoms with E-state index in [0.717, 1.165) is 12.0 Å². The lowest BCUT2D eigenvalue weighted by molar-refractivity contribution is -0.0640. The highest BCUT2D eigenvalue weighted by molar-refractivity contribution is 5.95. The molecule has 2 aromatic carbocycles. The summed E-state index contributed by atoms with van der Waals surface area (Å²) in [6.07, 6.45) is 1.46. The fourth-order valence-electron chi connectivity index (χ4n) is 2.79. The number of nitrogens with two attached hydrogens (primary N) is 1. The standard InChI is InChI=1S/C21H21N3O5/c22-20(25)18-14-19(23-29-18)28-13-12-24(27)21(26)17-9-5-4-8-16(17)11-10-15-6-2-1-3-7-15/h1-9,14,27H,10-13H2,(H2,22,25). The van der Waals surface area contributed by atoms with E-state index in [0.29, 0.717) is 17.0 Å². The van der Waals surface area contributed by atoms with Gasteiger partial charge in [0.1, 0.15) is 6.61 Å². The van der Waals surface area contributed by atoms with Gasteiger partial charge in [0.2, 0.25) is 5.76 Å². The predicted octanol–water partition coefficient (Wildman–Crippen LogP) is 2.47. The molecule has 0 saturated heterocycles. The fraction of sp³-hybridized carbons (Fsp3) is 0.190. The van der Waals surface area contributed by atoms with Crippen molar-refractivity contribution in [2.24, 2.45) is 5.73 Å². The molecule has 0 bridgehead atoms. The van der Waals surface area contributed by atoms with Crippen LogP contribution in [0.2, 0.25) is 0 Å². The molecule has 3 N–H and O–H groups in total. The smallest absolute Gasteiger partial charge is 0.287 e. The first-order chi connectivity index (χ1) is 14.0. The fourth-order valence-corrected chi connectivity index (χ4v) is 2.79. The minimum Gasteiger partial charge on any atom is -0.473 e. The molecule has 2 amide bonds. The summed E-state index contributed by atoms with van der Waals surface area (Å²) in [6, 6.07) is 18.4. The highest BCUT2D eigenvalue weighted by atomic mass is 16.5. The quantitative estimate of drug-likeness (QED) is 0.424. The molecule has 0 saturated carbocycles. The third-order valence-electron chi connectivity index (χ3n) is 4.29. The molecule has 1 aromatic heterocycles.